The average molecular weight is 412 g/mol. The van der Waals surface area contributed by atoms with E-state index in [2.05, 4.69) is 20.4 Å². The number of aliphatic imine (C=N–C) groups is 1. The summed E-state index contributed by atoms with van der Waals surface area (Å²) in [7, 11) is 3.03. The minimum Gasteiger partial charge on any atom is -0.469 e. The third-order valence-corrected chi connectivity index (χ3v) is 2.85. The van der Waals surface area contributed by atoms with Crippen LogP contribution in [0, 0.1) is 0 Å². The monoisotopic (exact) mass is 411 g/mol. The lowest BCUT2D eigenvalue weighted by molar-refractivity contribution is -0.140. The molecule has 0 fully saturated rings. The number of rotatable bonds is 5. The van der Waals surface area contributed by atoms with Gasteiger partial charge in [-0.1, -0.05) is 29.8 Å². The first-order chi connectivity index (χ1) is 9.17. The lowest BCUT2D eigenvalue weighted by Crippen LogP contribution is -2.38. The topological polar surface area (TPSA) is 62.7 Å². The molecular formula is C13H19ClIN3O2. The zero-order valence-corrected chi connectivity index (χ0v) is 14.6. The van der Waals surface area contributed by atoms with Crippen molar-refractivity contribution in [2.45, 2.75) is 13.0 Å². The fourth-order valence-electron chi connectivity index (χ4n) is 1.43. The molecule has 1 aromatic rings. The van der Waals surface area contributed by atoms with E-state index >= 15 is 0 Å². The Morgan fingerprint density at radius 1 is 1.35 bits per heavy atom. The number of nitrogens with zero attached hydrogens (tertiary/aromatic N) is 1. The molecule has 0 heterocycles. The van der Waals surface area contributed by atoms with E-state index in [-0.39, 0.29) is 29.9 Å². The largest absolute Gasteiger partial charge is 0.469 e. The maximum absolute atomic E-state index is 11.0. The van der Waals surface area contributed by atoms with Gasteiger partial charge in [0.05, 0.1) is 13.5 Å². The zero-order valence-electron chi connectivity index (χ0n) is 11.5. The quantitative estimate of drug-likeness (QED) is 0.337. The highest BCUT2D eigenvalue weighted by Crippen LogP contribution is 2.13. The number of guanidine groups is 1. The van der Waals surface area contributed by atoms with E-state index < -0.39 is 0 Å². The molecule has 0 unspecified atom stereocenters. The van der Waals surface area contributed by atoms with E-state index in [0.717, 1.165) is 5.56 Å². The first-order valence-corrected chi connectivity index (χ1v) is 6.30. The molecule has 0 spiro atoms. The molecule has 5 nitrogen and oxygen atoms in total. The number of hydrogen-bond acceptors (Lipinski definition) is 3. The number of halogens is 2. The van der Waals surface area contributed by atoms with Gasteiger partial charge in [-0.05, 0) is 11.6 Å². The molecule has 0 aliphatic carbocycles. The molecule has 0 bridgehead atoms. The number of esters is 1. The first kappa shape index (κ1) is 19.0. The van der Waals surface area contributed by atoms with Gasteiger partial charge in [-0.25, -0.2) is 0 Å². The molecule has 0 aliphatic heterocycles. The lowest BCUT2D eigenvalue weighted by Gasteiger charge is -2.12. The van der Waals surface area contributed by atoms with Crippen LogP contribution in [-0.2, 0) is 16.1 Å². The summed E-state index contributed by atoms with van der Waals surface area (Å²) >= 11 is 6.05. The van der Waals surface area contributed by atoms with Crippen LogP contribution >= 0.6 is 35.6 Å². The van der Waals surface area contributed by atoms with E-state index in [9.17, 15) is 4.79 Å². The third kappa shape index (κ3) is 6.95. The minimum atomic E-state index is -0.256. The fraction of sp³-hybridized carbons (Fsp3) is 0.385. The lowest BCUT2D eigenvalue weighted by atomic mass is 10.2. The maximum atomic E-state index is 11.0. The molecule has 0 radical (unpaired) electrons. The van der Waals surface area contributed by atoms with Gasteiger partial charge in [0.15, 0.2) is 5.96 Å². The number of hydrogen-bond donors (Lipinski definition) is 2. The van der Waals surface area contributed by atoms with Gasteiger partial charge in [0.25, 0.3) is 0 Å². The summed E-state index contributed by atoms with van der Waals surface area (Å²) in [5, 5.41) is 6.85. The van der Waals surface area contributed by atoms with E-state index in [0.29, 0.717) is 30.5 Å². The molecule has 112 valence electrons. The van der Waals surface area contributed by atoms with Crippen molar-refractivity contribution in [3.63, 3.8) is 0 Å². The van der Waals surface area contributed by atoms with Crippen molar-refractivity contribution in [2.75, 3.05) is 20.7 Å². The smallest absolute Gasteiger partial charge is 0.307 e. The normalized spacial score (nSPS) is 10.4. The summed E-state index contributed by atoms with van der Waals surface area (Å²) < 4.78 is 4.55. The maximum Gasteiger partial charge on any atom is 0.307 e. The predicted molar refractivity (Wildman–Crippen MR) is 91.7 cm³/mol. The Bertz CT molecular complexity index is 455. The zero-order chi connectivity index (χ0) is 14.1. The van der Waals surface area contributed by atoms with Gasteiger partial charge in [-0.15, -0.1) is 24.0 Å². The van der Waals surface area contributed by atoms with Crippen LogP contribution in [0.3, 0.4) is 0 Å². The van der Waals surface area contributed by atoms with Gasteiger partial charge in [0, 0.05) is 25.2 Å². The Kier molecular flexibility index (Phi) is 10.2. The molecule has 7 heteroatoms. The van der Waals surface area contributed by atoms with Crippen LogP contribution in [0.25, 0.3) is 0 Å². The van der Waals surface area contributed by atoms with Crippen LogP contribution in [0.15, 0.2) is 29.3 Å². The predicted octanol–water partition coefficient (Wildman–Crippen LogP) is 2.19. The van der Waals surface area contributed by atoms with Crippen LogP contribution in [-0.4, -0.2) is 32.6 Å². The summed E-state index contributed by atoms with van der Waals surface area (Å²) in [6, 6.07) is 7.59. The number of benzene rings is 1. The molecule has 20 heavy (non-hydrogen) atoms. The minimum absolute atomic E-state index is 0. The van der Waals surface area contributed by atoms with Gasteiger partial charge in [-0.3, -0.25) is 9.79 Å². The molecule has 2 N–H and O–H groups in total. The number of carbonyl (C=O) groups is 1. The molecular weight excluding hydrogens is 393 g/mol. The Labute approximate surface area is 141 Å². The highest BCUT2D eigenvalue weighted by atomic mass is 127. The van der Waals surface area contributed by atoms with E-state index in [1.165, 1.54) is 7.11 Å². The van der Waals surface area contributed by atoms with Crippen molar-refractivity contribution in [1.82, 2.24) is 10.6 Å². The van der Waals surface area contributed by atoms with E-state index in [1.54, 1.807) is 7.05 Å². The van der Waals surface area contributed by atoms with Crippen molar-refractivity contribution in [3.8, 4) is 0 Å². The number of methoxy groups -OCH3 is 1. The fourth-order valence-corrected chi connectivity index (χ4v) is 1.63. The van der Waals surface area contributed by atoms with Gasteiger partial charge in [0.2, 0.25) is 0 Å². The number of nitrogens with one attached hydrogen (secondary N) is 2. The van der Waals surface area contributed by atoms with Crippen LogP contribution in [0.2, 0.25) is 5.02 Å². The summed E-state index contributed by atoms with van der Waals surface area (Å²) in [6.45, 7) is 1.03. The number of carbonyl (C=O) groups excluding carboxylic acids is 1. The molecule has 0 aromatic heterocycles. The number of ether oxygens (including phenoxy) is 1. The molecule has 0 saturated carbocycles. The van der Waals surface area contributed by atoms with Crippen molar-refractivity contribution in [2.24, 2.45) is 4.99 Å². The Morgan fingerprint density at radius 2 is 2.05 bits per heavy atom. The van der Waals surface area contributed by atoms with Crippen molar-refractivity contribution in [3.05, 3.63) is 34.9 Å². The van der Waals surface area contributed by atoms with Crippen LogP contribution < -0.4 is 10.6 Å². The Balaban J connectivity index is 0.00000361. The molecule has 0 aliphatic rings. The van der Waals surface area contributed by atoms with E-state index in [1.807, 2.05) is 24.3 Å². The summed E-state index contributed by atoms with van der Waals surface area (Å²) in [5.74, 6) is 0.359. The molecule has 0 amide bonds. The molecule has 1 aromatic carbocycles. The van der Waals surface area contributed by atoms with Crippen molar-refractivity contribution < 1.29 is 9.53 Å². The summed E-state index contributed by atoms with van der Waals surface area (Å²) in [4.78, 5) is 15.0. The van der Waals surface area contributed by atoms with Crippen LogP contribution in [0.1, 0.15) is 12.0 Å². The van der Waals surface area contributed by atoms with Gasteiger partial charge in [-0.2, -0.15) is 0 Å². The van der Waals surface area contributed by atoms with Crippen molar-refractivity contribution in [1.29, 1.82) is 0 Å². The highest BCUT2D eigenvalue weighted by Gasteiger charge is 2.03. The second-order valence-electron chi connectivity index (χ2n) is 3.77. The van der Waals surface area contributed by atoms with Crippen LogP contribution in [0.4, 0.5) is 0 Å². The third-order valence-electron chi connectivity index (χ3n) is 2.48. The molecule has 0 saturated heterocycles. The van der Waals surface area contributed by atoms with Gasteiger partial charge < -0.3 is 15.4 Å². The first-order valence-electron chi connectivity index (χ1n) is 5.92. The Morgan fingerprint density at radius 3 is 2.65 bits per heavy atom. The Hall–Kier alpha value is -1.02. The van der Waals surface area contributed by atoms with Gasteiger partial charge in [0.1, 0.15) is 0 Å². The standard InChI is InChI=1S/C13H18ClN3O2.HI/c1-15-13(16-8-7-12(18)19-2)17-9-10-5-3-4-6-11(10)14;/h3-6H,7-9H2,1-2H3,(H2,15,16,17);1H. The summed E-state index contributed by atoms with van der Waals surface area (Å²) in [5.41, 5.74) is 0.986. The average Bonchev–Trinajstić information content (AvgIpc) is 2.43. The summed E-state index contributed by atoms with van der Waals surface area (Å²) in [6.07, 6.45) is 0.295. The van der Waals surface area contributed by atoms with Crippen LogP contribution in [0.5, 0.6) is 0 Å². The SMILES string of the molecule is CN=C(NCCC(=O)OC)NCc1ccccc1Cl.I. The van der Waals surface area contributed by atoms with Crippen molar-refractivity contribution >= 4 is 47.5 Å². The van der Waals surface area contributed by atoms with E-state index in [4.69, 9.17) is 11.6 Å². The van der Waals surface area contributed by atoms with Gasteiger partial charge >= 0.3 is 5.97 Å². The second-order valence-corrected chi connectivity index (χ2v) is 4.18. The second kappa shape index (κ2) is 10.7. The molecule has 1 rings (SSSR count). The molecule has 0 atom stereocenters. The highest BCUT2D eigenvalue weighted by molar-refractivity contribution is 14.0.